The molecule has 1 fully saturated rings. The van der Waals surface area contributed by atoms with Crippen LogP contribution in [0.1, 0.15) is 39.5 Å². The molecule has 0 aliphatic carbocycles. The summed E-state index contributed by atoms with van der Waals surface area (Å²) in [5.74, 6) is 2.05. The fraction of sp³-hybridized carbons (Fsp3) is 0.429. The molecule has 5 N–H and O–H groups in total. The van der Waals surface area contributed by atoms with E-state index in [1.807, 2.05) is 30.3 Å². The van der Waals surface area contributed by atoms with E-state index in [4.69, 9.17) is 20.9 Å². The van der Waals surface area contributed by atoms with Crippen molar-refractivity contribution in [3.8, 4) is 17.2 Å². The Bertz CT molecular complexity index is 744. The molecule has 0 radical (unpaired) electrons. The predicted molar refractivity (Wildman–Crippen MR) is 107 cm³/mol. The fourth-order valence-corrected chi connectivity index (χ4v) is 3.38. The van der Waals surface area contributed by atoms with Crippen molar-refractivity contribution in [1.82, 2.24) is 5.32 Å². The summed E-state index contributed by atoms with van der Waals surface area (Å²) in [4.78, 5) is 0. The third-order valence-corrected chi connectivity index (χ3v) is 5.23. The Labute approximate surface area is 155 Å². The minimum absolute atomic E-state index is 0.292. The summed E-state index contributed by atoms with van der Waals surface area (Å²) >= 11 is 0. The summed E-state index contributed by atoms with van der Waals surface area (Å²) in [7, 11) is 0. The Balaban J connectivity index is 1.82. The molecule has 2 aromatic rings. The van der Waals surface area contributed by atoms with Crippen molar-refractivity contribution < 1.29 is 9.47 Å². The van der Waals surface area contributed by atoms with Crippen molar-refractivity contribution in [2.75, 3.05) is 18.0 Å². The van der Waals surface area contributed by atoms with Crippen LogP contribution in [0.25, 0.3) is 0 Å². The Hall–Kier alpha value is -2.40. The van der Waals surface area contributed by atoms with Gasteiger partial charge in [-0.1, -0.05) is 25.5 Å². The molecule has 3 rings (SSSR count). The van der Waals surface area contributed by atoms with E-state index >= 15 is 0 Å². The van der Waals surface area contributed by atoms with Gasteiger partial charge in [-0.3, -0.25) is 0 Å². The summed E-state index contributed by atoms with van der Waals surface area (Å²) in [5.41, 5.74) is 12.4. The molecule has 2 atom stereocenters. The van der Waals surface area contributed by atoms with Gasteiger partial charge in [0.15, 0.2) is 11.5 Å². The van der Waals surface area contributed by atoms with Crippen molar-refractivity contribution in [2.24, 2.45) is 0 Å². The lowest BCUT2D eigenvalue weighted by molar-refractivity contribution is 0.0297. The van der Waals surface area contributed by atoms with E-state index in [0.717, 1.165) is 25.1 Å². The zero-order valence-corrected chi connectivity index (χ0v) is 15.6. The van der Waals surface area contributed by atoms with E-state index in [1.165, 1.54) is 12.8 Å². The summed E-state index contributed by atoms with van der Waals surface area (Å²) in [6, 6.07) is 13.4. The Morgan fingerprint density at radius 2 is 1.85 bits per heavy atom. The Kier molecular flexibility index (Phi) is 5.57. The second-order valence-corrected chi connectivity index (χ2v) is 7.11. The van der Waals surface area contributed by atoms with Crippen molar-refractivity contribution in [2.45, 2.75) is 51.2 Å². The standard InChI is InChI=1S/C21H29N3O2/c1-3-21(2,20-10-6-7-13-24-20)26-19-9-5-4-8-18(19)25-15-11-12-16(22)17(23)14-15/h4-5,8-9,11-12,14,20,24H,3,6-7,10,13,22-23H2,1-2H3. The topological polar surface area (TPSA) is 82.5 Å². The molecule has 1 aliphatic rings. The highest BCUT2D eigenvalue weighted by Crippen LogP contribution is 2.37. The van der Waals surface area contributed by atoms with Gasteiger partial charge in [0, 0.05) is 12.1 Å². The number of nitrogen functional groups attached to an aromatic ring is 2. The van der Waals surface area contributed by atoms with E-state index < -0.39 is 0 Å². The molecule has 140 valence electrons. The molecule has 5 nitrogen and oxygen atoms in total. The molecule has 1 heterocycles. The van der Waals surface area contributed by atoms with Crippen LogP contribution in [0.4, 0.5) is 11.4 Å². The van der Waals surface area contributed by atoms with Gasteiger partial charge in [0.05, 0.1) is 11.4 Å². The summed E-state index contributed by atoms with van der Waals surface area (Å²) in [5, 5.41) is 3.62. The molecule has 0 saturated carbocycles. The highest BCUT2D eigenvalue weighted by Gasteiger charge is 2.36. The average Bonchev–Trinajstić information content (AvgIpc) is 2.67. The van der Waals surface area contributed by atoms with E-state index in [9.17, 15) is 0 Å². The highest BCUT2D eigenvalue weighted by molar-refractivity contribution is 5.65. The lowest BCUT2D eigenvalue weighted by Gasteiger charge is -2.40. The van der Waals surface area contributed by atoms with Crippen LogP contribution in [0.15, 0.2) is 42.5 Å². The molecule has 1 saturated heterocycles. The quantitative estimate of drug-likeness (QED) is 0.672. The summed E-state index contributed by atoms with van der Waals surface area (Å²) in [6.07, 6.45) is 4.50. The van der Waals surface area contributed by atoms with E-state index in [2.05, 4.69) is 19.2 Å². The molecule has 0 bridgehead atoms. The van der Waals surface area contributed by atoms with Crippen molar-refractivity contribution in [3.63, 3.8) is 0 Å². The van der Waals surface area contributed by atoms with Gasteiger partial charge in [0.2, 0.25) is 0 Å². The Morgan fingerprint density at radius 3 is 2.50 bits per heavy atom. The first-order valence-electron chi connectivity index (χ1n) is 9.36. The lowest BCUT2D eigenvalue weighted by Crippen LogP contribution is -2.54. The zero-order chi connectivity index (χ0) is 18.6. The van der Waals surface area contributed by atoms with Crippen LogP contribution in [0.5, 0.6) is 17.2 Å². The maximum absolute atomic E-state index is 6.50. The second kappa shape index (κ2) is 7.87. The predicted octanol–water partition coefficient (Wildman–Crippen LogP) is 4.33. The first-order valence-corrected chi connectivity index (χ1v) is 9.36. The molecule has 0 spiro atoms. The maximum atomic E-state index is 6.50. The maximum Gasteiger partial charge on any atom is 0.169 e. The van der Waals surface area contributed by atoms with Gasteiger partial charge in [0.25, 0.3) is 0 Å². The number of rotatable bonds is 6. The molecule has 2 unspecified atom stereocenters. The molecule has 0 aromatic heterocycles. The molecule has 1 aliphatic heterocycles. The van der Waals surface area contributed by atoms with E-state index in [1.54, 1.807) is 12.1 Å². The SMILES string of the molecule is CCC(C)(Oc1ccccc1Oc1ccc(N)c(N)c1)C1CCCCN1. The first kappa shape index (κ1) is 18.4. The van der Waals surface area contributed by atoms with Gasteiger partial charge in [0.1, 0.15) is 11.4 Å². The second-order valence-electron chi connectivity index (χ2n) is 7.11. The van der Waals surface area contributed by atoms with Gasteiger partial charge in [-0.2, -0.15) is 0 Å². The molecule has 0 amide bonds. The number of nitrogens with one attached hydrogen (secondary N) is 1. The Morgan fingerprint density at radius 1 is 1.08 bits per heavy atom. The van der Waals surface area contributed by atoms with Crippen LogP contribution in [-0.2, 0) is 0 Å². The zero-order valence-electron chi connectivity index (χ0n) is 15.6. The molecular weight excluding hydrogens is 326 g/mol. The van der Waals surface area contributed by atoms with Crippen LogP contribution in [0, 0.1) is 0 Å². The number of piperidine rings is 1. The summed E-state index contributed by atoms with van der Waals surface area (Å²) < 4.78 is 12.5. The number of hydrogen-bond donors (Lipinski definition) is 3. The molecule has 26 heavy (non-hydrogen) atoms. The van der Waals surface area contributed by atoms with Crippen molar-refractivity contribution >= 4 is 11.4 Å². The van der Waals surface area contributed by atoms with Crippen LogP contribution >= 0.6 is 0 Å². The van der Waals surface area contributed by atoms with Gasteiger partial charge >= 0.3 is 0 Å². The number of hydrogen-bond acceptors (Lipinski definition) is 5. The highest BCUT2D eigenvalue weighted by atomic mass is 16.5. The van der Waals surface area contributed by atoms with Crippen LogP contribution in [0.2, 0.25) is 0 Å². The van der Waals surface area contributed by atoms with Crippen LogP contribution < -0.4 is 26.3 Å². The molecular formula is C21H29N3O2. The average molecular weight is 355 g/mol. The third-order valence-electron chi connectivity index (χ3n) is 5.23. The number of nitrogens with two attached hydrogens (primary N) is 2. The number of para-hydroxylation sites is 2. The van der Waals surface area contributed by atoms with Crippen LogP contribution in [-0.4, -0.2) is 18.2 Å². The number of ether oxygens (including phenoxy) is 2. The third kappa shape index (κ3) is 4.05. The minimum Gasteiger partial charge on any atom is -0.482 e. The normalized spacial score (nSPS) is 19.5. The number of benzene rings is 2. The smallest absolute Gasteiger partial charge is 0.169 e. The van der Waals surface area contributed by atoms with Gasteiger partial charge < -0.3 is 26.3 Å². The van der Waals surface area contributed by atoms with Crippen molar-refractivity contribution in [3.05, 3.63) is 42.5 Å². The van der Waals surface area contributed by atoms with Gasteiger partial charge in [-0.15, -0.1) is 0 Å². The monoisotopic (exact) mass is 355 g/mol. The lowest BCUT2D eigenvalue weighted by atomic mass is 9.87. The van der Waals surface area contributed by atoms with Gasteiger partial charge in [-0.05, 0) is 57.0 Å². The first-order chi connectivity index (χ1) is 12.5. The minimum atomic E-state index is -0.292. The van der Waals surface area contributed by atoms with Crippen LogP contribution in [0.3, 0.4) is 0 Å². The largest absolute Gasteiger partial charge is 0.482 e. The number of anilines is 2. The van der Waals surface area contributed by atoms with E-state index in [0.29, 0.717) is 28.9 Å². The summed E-state index contributed by atoms with van der Waals surface area (Å²) in [6.45, 7) is 5.39. The fourth-order valence-electron chi connectivity index (χ4n) is 3.38. The molecule has 5 heteroatoms. The van der Waals surface area contributed by atoms with Crippen molar-refractivity contribution in [1.29, 1.82) is 0 Å². The van der Waals surface area contributed by atoms with E-state index in [-0.39, 0.29) is 5.60 Å². The molecule has 2 aromatic carbocycles. The van der Waals surface area contributed by atoms with Gasteiger partial charge in [-0.25, -0.2) is 0 Å².